The van der Waals surface area contributed by atoms with Crippen LogP contribution in [0.1, 0.15) is 38.2 Å². The van der Waals surface area contributed by atoms with E-state index in [2.05, 4.69) is 13.0 Å². The van der Waals surface area contributed by atoms with Crippen LogP contribution in [0.5, 0.6) is 5.75 Å². The van der Waals surface area contributed by atoms with E-state index < -0.39 is 0 Å². The van der Waals surface area contributed by atoms with Gasteiger partial charge in [0.1, 0.15) is 5.75 Å². The van der Waals surface area contributed by atoms with Crippen molar-refractivity contribution in [3.05, 3.63) is 29.8 Å². The van der Waals surface area contributed by atoms with Crippen molar-refractivity contribution in [3.63, 3.8) is 0 Å². The SMILES string of the molecule is COc1cccc(C=N[C@@H]2CCCC[C@H]2C)c1. The zero-order valence-corrected chi connectivity index (χ0v) is 10.7. The molecule has 0 N–H and O–H groups in total. The lowest BCUT2D eigenvalue weighted by atomic mass is 9.86. The van der Waals surface area contributed by atoms with Crippen LogP contribution in [0.15, 0.2) is 29.3 Å². The van der Waals surface area contributed by atoms with E-state index in [0.717, 1.165) is 17.2 Å². The number of rotatable bonds is 3. The van der Waals surface area contributed by atoms with Crippen LogP contribution >= 0.6 is 0 Å². The summed E-state index contributed by atoms with van der Waals surface area (Å²) in [5.41, 5.74) is 1.13. The molecule has 0 unspecified atom stereocenters. The van der Waals surface area contributed by atoms with Crippen molar-refractivity contribution in [1.82, 2.24) is 0 Å². The van der Waals surface area contributed by atoms with Gasteiger partial charge in [-0.25, -0.2) is 0 Å². The van der Waals surface area contributed by atoms with Crippen LogP contribution in [0.2, 0.25) is 0 Å². The second kappa shape index (κ2) is 5.85. The second-order valence-corrected chi connectivity index (χ2v) is 4.88. The molecular formula is C15H21NO. The summed E-state index contributed by atoms with van der Waals surface area (Å²) in [5, 5.41) is 0. The van der Waals surface area contributed by atoms with Gasteiger partial charge in [0.2, 0.25) is 0 Å². The average Bonchev–Trinajstić information content (AvgIpc) is 2.38. The van der Waals surface area contributed by atoms with Gasteiger partial charge >= 0.3 is 0 Å². The Morgan fingerprint density at radius 2 is 2.12 bits per heavy atom. The summed E-state index contributed by atoms with van der Waals surface area (Å²) < 4.78 is 5.21. The van der Waals surface area contributed by atoms with E-state index in [9.17, 15) is 0 Å². The standard InChI is InChI=1S/C15H21NO/c1-12-6-3-4-9-15(12)16-11-13-7-5-8-14(10-13)17-2/h5,7-8,10-12,15H,3-4,6,9H2,1-2H3/t12-,15-/m1/s1. The third kappa shape index (κ3) is 3.32. The van der Waals surface area contributed by atoms with Gasteiger partial charge in [-0.2, -0.15) is 0 Å². The molecule has 0 amide bonds. The lowest BCUT2D eigenvalue weighted by molar-refractivity contribution is 0.333. The number of methoxy groups -OCH3 is 1. The molecule has 2 atom stereocenters. The van der Waals surface area contributed by atoms with E-state index in [4.69, 9.17) is 9.73 Å². The number of hydrogen-bond acceptors (Lipinski definition) is 2. The molecule has 1 saturated carbocycles. The Balaban J connectivity index is 2.03. The lowest BCUT2D eigenvalue weighted by Gasteiger charge is -2.25. The summed E-state index contributed by atoms with van der Waals surface area (Å²) in [7, 11) is 1.69. The Morgan fingerprint density at radius 1 is 1.29 bits per heavy atom. The molecule has 92 valence electrons. The molecule has 1 aromatic carbocycles. The largest absolute Gasteiger partial charge is 0.497 e. The van der Waals surface area contributed by atoms with Crippen molar-refractivity contribution in [3.8, 4) is 5.75 Å². The van der Waals surface area contributed by atoms with Crippen molar-refractivity contribution in [2.45, 2.75) is 38.6 Å². The lowest BCUT2D eigenvalue weighted by Crippen LogP contribution is -2.20. The summed E-state index contributed by atoms with van der Waals surface area (Å²) in [6.07, 6.45) is 7.24. The molecule has 1 aliphatic carbocycles. The molecule has 0 aromatic heterocycles. The molecule has 1 aliphatic rings. The van der Waals surface area contributed by atoms with Gasteiger partial charge in [-0.05, 0) is 36.5 Å². The van der Waals surface area contributed by atoms with Gasteiger partial charge < -0.3 is 4.74 Å². The zero-order chi connectivity index (χ0) is 12.1. The van der Waals surface area contributed by atoms with E-state index in [0.29, 0.717) is 6.04 Å². The molecule has 0 bridgehead atoms. The van der Waals surface area contributed by atoms with Gasteiger partial charge in [-0.15, -0.1) is 0 Å². The maximum absolute atomic E-state index is 5.21. The fourth-order valence-corrected chi connectivity index (χ4v) is 2.42. The molecular weight excluding hydrogens is 210 g/mol. The fraction of sp³-hybridized carbons (Fsp3) is 0.533. The van der Waals surface area contributed by atoms with Crippen LogP contribution < -0.4 is 4.74 Å². The first-order valence-corrected chi connectivity index (χ1v) is 6.47. The Morgan fingerprint density at radius 3 is 2.88 bits per heavy atom. The van der Waals surface area contributed by atoms with E-state index in [-0.39, 0.29) is 0 Å². The summed E-state index contributed by atoms with van der Waals surface area (Å²) in [6, 6.07) is 8.57. The summed E-state index contributed by atoms with van der Waals surface area (Å²) in [4.78, 5) is 4.73. The van der Waals surface area contributed by atoms with Gasteiger partial charge in [0.25, 0.3) is 0 Å². The maximum Gasteiger partial charge on any atom is 0.119 e. The molecule has 0 radical (unpaired) electrons. The van der Waals surface area contributed by atoms with Gasteiger partial charge in [-0.1, -0.05) is 31.9 Å². The molecule has 2 rings (SSSR count). The summed E-state index contributed by atoms with van der Waals surface area (Å²) in [5.74, 6) is 1.62. The van der Waals surface area contributed by atoms with Gasteiger partial charge in [0.05, 0.1) is 13.2 Å². The molecule has 2 nitrogen and oxygen atoms in total. The van der Waals surface area contributed by atoms with Crippen molar-refractivity contribution in [2.24, 2.45) is 10.9 Å². The van der Waals surface area contributed by atoms with Crippen LogP contribution in [0.4, 0.5) is 0 Å². The monoisotopic (exact) mass is 231 g/mol. The molecule has 0 saturated heterocycles. The first-order valence-electron chi connectivity index (χ1n) is 6.47. The first kappa shape index (κ1) is 12.2. The normalized spacial score (nSPS) is 25.1. The van der Waals surface area contributed by atoms with Crippen LogP contribution in [0.3, 0.4) is 0 Å². The highest BCUT2D eigenvalue weighted by Gasteiger charge is 2.19. The molecule has 0 aliphatic heterocycles. The molecule has 2 heteroatoms. The molecule has 1 aromatic rings. The number of hydrogen-bond donors (Lipinski definition) is 0. The minimum atomic E-state index is 0.509. The molecule has 0 spiro atoms. The highest BCUT2D eigenvalue weighted by atomic mass is 16.5. The third-order valence-electron chi connectivity index (χ3n) is 3.58. The number of nitrogens with zero attached hydrogens (tertiary/aromatic N) is 1. The topological polar surface area (TPSA) is 21.6 Å². The number of benzene rings is 1. The predicted molar refractivity (Wildman–Crippen MR) is 72.0 cm³/mol. The van der Waals surface area contributed by atoms with Crippen LogP contribution in [-0.2, 0) is 0 Å². The highest BCUT2D eigenvalue weighted by molar-refractivity contribution is 5.80. The maximum atomic E-state index is 5.21. The smallest absolute Gasteiger partial charge is 0.119 e. The van der Waals surface area contributed by atoms with Gasteiger partial charge in [0, 0.05) is 6.21 Å². The summed E-state index contributed by atoms with van der Waals surface area (Å²) >= 11 is 0. The zero-order valence-electron chi connectivity index (χ0n) is 10.7. The van der Waals surface area contributed by atoms with Crippen LogP contribution in [0, 0.1) is 5.92 Å². The van der Waals surface area contributed by atoms with E-state index in [1.54, 1.807) is 7.11 Å². The molecule has 17 heavy (non-hydrogen) atoms. The predicted octanol–water partition coefficient (Wildman–Crippen LogP) is 3.69. The van der Waals surface area contributed by atoms with Crippen molar-refractivity contribution in [2.75, 3.05) is 7.11 Å². The van der Waals surface area contributed by atoms with Crippen molar-refractivity contribution in [1.29, 1.82) is 0 Å². The minimum absolute atomic E-state index is 0.509. The van der Waals surface area contributed by atoms with Crippen molar-refractivity contribution < 1.29 is 4.74 Å². The summed E-state index contributed by atoms with van der Waals surface area (Å²) in [6.45, 7) is 2.31. The number of ether oxygens (including phenoxy) is 1. The molecule has 1 fully saturated rings. The van der Waals surface area contributed by atoms with Crippen LogP contribution in [-0.4, -0.2) is 19.4 Å². The first-order chi connectivity index (χ1) is 8.29. The molecule has 0 heterocycles. The Bertz CT molecular complexity index is 386. The van der Waals surface area contributed by atoms with Crippen molar-refractivity contribution >= 4 is 6.21 Å². The minimum Gasteiger partial charge on any atom is -0.497 e. The number of aliphatic imine (C=N–C) groups is 1. The Labute approximate surface area is 104 Å². The van der Waals surface area contributed by atoms with Gasteiger partial charge in [0.15, 0.2) is 0 Å². The third-order valence-corrected chi connectivity index (χ3v) is 3.58. The Kier molecular flexibility index (Phi) is 4.18. The fourth-order valence-electron chi connectivity index (χ4n) is 2.42. The van der Waals surface area contributed by atoms with E-state index in [1.807, 2.05) is 24.4 Å². The van der Waals surface area contributed by atoms with Gasteiger partial charge in [-0.3, -0.25) is 4.99 Å². The van der Waals surface area contributed by atoms with E-state index >= 15 is 0 Å². The second-order valence-electron chi connectivity index (χ2n) is 4.88. The average molecular weight is 231 g/mol. The quantitative estimate of drug-likeness (QED) is 0.727. The van der Waals surface area contributed by atoms with E-state index in [1.165, 1.54) is 25.7 Å². The van der Waals surface area contributed by atoms with Crippen LogP contribution in [0.25, 0.3) is 0 Å². The Hall–Kier alpha value is -1.31. The highest BCUT2D eigenvalue weighted by Crippen LogP contribution is 2.26.